The minimum absolute atomic E-state index is 0.0220. The van der Waals surface area contributed by atoms with Gasteiger partial charge in [-0.15, -0.1) is 0 Å². The van der Waals surface area contributed by atoms with Gasteiger partial charge in [-0.05, 0) is 31.6 Å². The summed E-state index contributed by atoms with van der Waals surface area (Å²) in [5, 5.41) is 0. The summed E-state index contributed by atoms with van der Waals surface area (Å²) >= 11 is 0. The first-order valence-corrected chi connectivity index (χ1v) is 4.70. The average Bonchev–Trinajstić information content (AvgIpc) is 2.02. The minimum Gasteiger partial charge on any atom is -0.290 e. The van der Waals surface area contributed by atoms with Gasteiger partial charge in [-0.3, -0.25) is 10.2 Å². The van der Waals surface area contributed by atoms with E-state index < -0.39 is 0 Å². The summed E-state index contributed by atoms with van der Waals surface area (Å²) in [4.78, 5) is 11.5. The molecule has 3 nitrogen and oxygen atoms in total. The Labute approximate surface area is 79.3 Å². The Morgan fingerprint density at radius 1 is 1.54 bits per heavy atom. The van der Waals surface area contributed by atoms with E-state index in [1.807, 2.05) is 6.92 Å². The average molecular weight is 182 g/mol. The molecule has 74 valence electrons. The molecule has 3 N–H and O–H groups in total. The first-order chi connectivity index (χ1) is 5.99. The molecule has 0 fully saturated rings. The Bertz CT molecular complexity index is 254. The summed E-state index contributed by atoms with van der Waals surface area (Å²) in [5.74, 6) is 5.03. The van der Waals surface area contributed by atoms with Crippen LogP contribution in [0.3, 0.4) is 0 Å². The molecule has 0 unspecified atom stereocenters. The van der Waals surface area contributed by atoms with Crippen molar-refractivity contribution in [3.05, 3.63) is 11.1 Å². The summed E-state index contributed by atoms with van der Waals surface area (Å²) in [6, 6.07) is 0. The van der Waals surface area contributed by atoms with Gasteiger partial charge in [-0.2, -0.15) is 0 Å². The maximum atomic E-state index is 11.5. The van der Waals surface area contributed by atoms with Crippen LogP contribution in [0, 0.1) is 5.41 Å². The molecule has 0 spiro atoms. The molecule has 0 aromatic heterocycles. The Hall–Kier alpha value is -0.830. The number of allylic oxidation sites excluding steroid dienone is 1. The molecule has 0 radical (unpaired) electrons. The molecule has 13 heavy (non-hydrogen) atoms. The van der Waals surface area contributed by atoms with Gasteiger partial charge >= 0.3 is 0 Å². The number of hydrogen-bond acceptors (Lipinski definition) is 2. The highest BCUT2D eigenvalue weighted by Gasteiger charge is 2.32. The summed E-state index contributed by atoms with van der Waals surface area (Å²) in [6.45, 7) is 6.21. The van der Waals surface area contributed by atoms with Crippen molar-refractivity contribution in [2.45, 2.75) is 40.0 Å². The molecule has 0 bridgehead atoms. The Balaban J connectivity index is 3.05. The second kappa shape index (κ2) is 3.50. The number of carbonyl (C=O) groups is 1. The van der Waals surface area contributed by atoms with Crippen molar-refractivity contribution in [2.24, 2.45) is 11.3 Å². The third-order valence-electron chi connectivity index (χ3n) is 2.82. The molecule has 0 saturated heterocycles. The lowest BCUT2D eigenvalue weighted by Gasteiger charge is -2.32. The number of rotatable bonds is 1. The van der Waals surface area contributed by atoms with Crippen molar-refractivity contribution in [1.29, 1.82) is 0 Å². The van der Waals surface area contributed by atoms with Crippen LogP contribution in [0.15, 0.2) is 11.1 Å². The first-order valence-electron chi connectivity index (χ1n) is 4.70. The van der Waals surface area contributed by atoms with Gasteiger partial charge in [0.05, 0.1) is 0 Å². The molecular weight excluding hydrogens is 164 g/mol. The lowest BCUT2D eigenvalue weighted by molar-refractivity contribution is -0.118. The van der Waals surface area contributed by atoms with Crippen molar-refractivity contribution >= 4 is 5.91 Å². The van der Waals surface area contributed by atoms with Gasteiger partial charge in [0, 0.05) is 5.57 Å². The topological polar surface area (TPSA) is 55.1 Å². The van der Waals surface area contributed by atoms with Gasteiger partial charge < -0.3 is 0 Å². The van der Waals surface area contributed by atoms with Crippen LogP contribution in [0.4, 0.5) is 0 Å². The Kier molecular flexibility index (Phi) is 2.76. The highest BCUT2D eigenvalue weighted by Crippen LogP contribution is 2.39. The zero-order chi connectivity index (χ0) is 10.1. The van der Waals surface area contributed by atoms with Gasteiger partial charge in [-0.25, -0.2) is 5.84 Å². The SMILES string of the molecule is CC1=C(C(=O)NN)C(C)(C)CCC1. The van der Waals surface area contributed by atoms with E-state index in [1.54, 1.807) is 0 Å². The summed E-state index contributed by atoms with van der Waals surface area (Å²) in [5.41, 5.74) is 4.26. The fourth-order valence-corrected chi connectivity index (χ4v) is 2.20. The largest absolute Gasteiger partial charge is 0.290 e. The first kappa shape index (κ1) is 10.3. The smallest absolute Gasteiger partial charge is 0.261 e. The van der Waals surface area contributed by atoms with Crippen LogP contribution in [-0.4, -0.2) is 5.91 Å². The lowest BCUT2D eigenvalue weighted by Crippen LogP contribution is -2.38. The van der Waals surface area contributed by atoms with Crippen LogP contribution in [0.25, 0.3) is 0 Å². The summed E-state index contributed by atoms with van der Waals surface area (Å²) < 4.78 is 0. The molecule has 0 aliphatic heterocycles. The number of hydrogen-bond donors (Lipinski definition) is 2. The van der Waals surface area contributed by atoms with Crippen LogP contribution in [0.2, 0.25) is 0 Å². The summed E-state index contributed by atoms with van der Waals surface area (Å²) in [6.07, 6.45) is 3.25. The van der Waals surface area contributed by atoms with Crippen molar-refractivity contribution in [2.75, 3.05) is 0 Å². The number of nitrogens with one attached hydrogen (secondary N) is 1. The maximum absolute atomic E-state index is 11.5. The van der Waals surface area contributed by atoms with E-state index >= 15 is 0 Å². The predicted molar refractivity (Wildman–Crippen MR) is 52.7 cm³/mol. The van der Waals surface area contributed by atoms with Crippen LogP contribution in [0.5, 0.6) is 0 Å². The van der Waals surface area contributed by atoms with E-state index in [9.17, 15) is 4.79 Å². The third-order valence-corrected chi connectivity index (χ3v) is 2.82. The quantitative estimate of drug-likeness (QED) is 0.367. The fourth-order valence-electron chi connectivity index (χ4n) is 2.20. The van der Waals surface area contributed by atoms with Crippen LogP contribution in [0.1, 0.15) is 40.0 Å². The molecule has 1 aliphatic rings. The van der Waals surface area contributed by atoms with Gasteiger partial charge in [0.15, 0.2) is 0 Å². The van der Waals surface area contributed by atoms with Crippen molar-refractivity contribution < 1.29 is 4.79 Å². The van der Waals surface area contributed by atoms with E-state index in [-0.39, 0.29) is 11.3 Å². The molecule has 1 aliphatic carbocycles. The second-order valence-electron chi connectivity index (χ2n) is 4.37. The predicted octanol–water partition coefficient (Wildman–Crippen LogP) is 1.50. The van der Waals surface area contributed by atoms with Crippen molar-refractivity contribution in [1.82, 2.24) is 5.43 Å². The molecule has 1 rings (SSSR count). The van der Waals surface area contributed by atoms with Gasteiger partial charge in [0.1, 0.15) is 0 Å². The van der Waals surface area contributed by atoms with E-state index in [4.69, 9.17) is 5.84 Å². The Morgan fingerprint density at radius 3 is 2.62 bits per heavy atom. The molecule has 0 aromatic rings. The molecule has 1 amide bonds. The maximum Gasteiger partial charge on any atom is 0.261 e. The Morgan fingerprint density at radius 2 is 2.15 bits per heavy atom. The van der Waals surface area contributed by atoms with Crippen LogP contribution >= 0.6 is 0 Å². The van der Waals surface area contributed by atoms with Gasteiger partial charge in [-0.1, -0.05) is 19.4 Å². The van der Waals surface area contributed by atoms with Gasteiger partial charge in [0.25, 0.3) is 5.91 Å². The molecule has 0 atom stereocenters. The van der Waals surface area contributed by atoms with E-state index in [1.165, 1.54) is 12.0 Å². The minimum atomic E-state index is -0.123. The molecule has 0 heterocycles. The van der Waals surface area contributed by atoms with Gasteiger partial charge in [0.2, 0.25) is 0 Å². The zero-order valence-electron chi connectivity index (χ0n) is 8.61. The highest BCUT2D eigenvalue weighted by molar-refractivity contribution is 5.95. The van der Waals surface area contributed by atoms with Crippen molar-refractivity contribution in [3.63, 3.8) is 0 Å². The molecule has 0 aromatic carbocycles. The monoisotopic (exact) mass is 182 g/mol. The number of hydrazine groups is 1. The highest BCUT2D eigenvalue weighted by atomic mass is 16.2. The fraction of sp³-hybridized carbons (Fsp3) is 0.700. The zero-order valence-corrected chi connectivity index (χ0v) is 8.61. The molecular formula is C10H18N2O. The standard InChI is InChI=1S/C10H18N2O/c1-7-5-4-6-10(2,3)8(7)9(13)12-11/h4-6,11H2,1-3H3,(H,12,13). The normalized spacial score (nSPS) is 21.5. The third kappa shape index (κ3) is 1.91. The van der Waals surface area contributed by atoms with Crippen LogP contribution < -0.4 is 11.3 Å². The number of carbonyl (C=O) groups excluding carboxylic acids is 1. The van der Waals surface area contributed by atoms with E-state index in [2.05, 4.69) is 19.3 Å². The molecule has 3 heteroatoms. The second-order valence-corrected chi connectivity index (χ2v) is 4.37. The number of amides is 1. The van der Waals surface area contributed by atoms with E-state index in [0.29, 0.717) is 0 Å². The molecule has 0 saturated carbocycles. The summed E-state index contributed by atoms with van der Waals surface area (Å²) in [7, 11) is 0. The number of nitrogens with two attached hydrogens (primary N) is 1. The van der Waals surface area contributed by atoms with Crippen molar-refractivity contribution in [3.8, 4) is 0 Å². The lowest BCUT2D eigenvalue weighted by atomic mass is 9.72. The van der Waals surface area contributed by atoms with E-state index in [0.717, 1.165) is 18.4 Å². The van der Waals surface area contributed by atoms with Crippen LogP contribution in [-0.2, 0) is 4.79 Å².